The molecule has 0 bridgehead atoms. The van der Waals surface area contributed by atoms with Crippen LogP contribution in [0.15, 0.2) is 65.7 Å². The monoisotopic (exact) mass is 481 g/mol. The maximum atomic E-state index is 12.7. The molecule has 8 heteroatoms. The fourth-order valence-corrected chi connectivity index (χ4v) is 4.73. The summed E-state index contributed by atoms with van der Waals surface area (Å²) in [4.78, 5) is 17.3. The number of hydrogen-bond donors (Lipinski definition) is 0. The molecule has 0 N–H and O–H groups in total. The van der Waals surface area contributed by atoms with Gasteiger partial charge in [0.1, 0.15) is 37.6 Å². The lowest BCUT2D eigenvalue weighted by Crippen LogP contribution is -2.56. The van der Waals surface area contributed by atoms with Crippen molar-refractivity contribution in [2.75, 3.05) is 13.2 Å². The van der Waals surface area contributed by atoms with Crippen LogP contribution < -0.4 is 0 Å². The molecule has 3 heterocycles. The molecule has 3 aliphatic heterocycles. The van der Waals surface area contributed by atoms with E-state index in [1.165, 1.54) is 0 Å². The fraction of sp³-hybridized carbons (Fsp3) is 0.481. The molecule has 0 radical (unpaired) electrons. The minimum Gasteiger partial charge on any atom is -0.461 e. The van der Waals surface area contributed by atoms with E-state index >= 15 is 0 Å². The highest BCUT2D eigenvalue weighted by Crippen LogP contribution is 2.44. The lowest BCUT2D eigenvalue weighted by Gasteiger charge is -2.36. The number of rotatable bonds is 6. The van der Waals surface area contributed by atoms with E-state index in [-0.39, 0.29) is 13.2 Å². The lowest BCUT2D eigenvalue weighted by atomic mass is 9.99. The number of aliphatic imine (C=N–C) groups is 1. The summed E-state index contributed by atoms with van der Waals surface area (Å²) in [5, 5.41) is 0. The number of hydrogen-bond acceptors (Lipinski definition) is 8. The van der Waals surface area contributed by atoms with E-state index in [9.17, 15) is 4.79 Å². The Kier molecular flexibility index (Phi) is 6.50. The van der Waals surface area contributed by atoms with Gasteiger partial charge in [0.2, 0.25) is 0 Å². The van der Waals surface area contributed by atoms with Crippen molar-refractivity contribution in [2.24, 2.45) is 4.99 Å². The minimum absolute atomic E-state index is 0.00598. The molecule has 0 saturated carbocycles. The largest absolute Gasteiger partial charge is 0.461 e. The molecular formula is C27H31NO7. The molecule has 8 nitrogen and oxygen atoms in total. The Labute approximate surface area is 205 Å². The van der Waals surface area contributed by atoms with Crippen molar-refractivity contribution in [1.29, 1.82) is 0 Å². The van der Waals surface area contributed by atoms with Crippen LogP contribution in [0.3, 0.4) is 0 Å². The zero-order chi connectivity index (χ0) is 24.6. The number of benzene rings is 2. The molecule has 2 aromatic rings. The second kappa shape index (κ2) is 9.44. The second-order valence-corrected chi connectivity index (χ2v) is 9.79. The molecule has 3 fully saturated rings. The van der Waals surface area contributed by atoms with Crippen molar-refractivity contribution in [2.45, 2.75) is 70.0 Å². The Balaban J connectivity index is 1.27. The topological polar surface area (TPSA) is 84.8 Å². The molecular weight excluding hydrogens is 450 g/mol. The van der Waals surface area contributed by atoms with E-state index in [1.807, 2.05) is 88.4 Å². The Morgan fingerprint density at radius 3 is 1.97 bits per heavy atom. The minimum atomic E-state index is -0.809. The van der Waals surface area contributed by atoms with Gasteiger partial charge in [-0.2, -0.15) is 0 Å². The summed E-state index contributed by atoms with van der Waals surface area (Å²) < 4.78 is 35.8. The molecule has 3 aliphatic rings. The van der Waals surface area contributed by atoms with E-state index in [0.717, 1.165) is 16.8 Å². The van der Waals surface area contributed by atoms with Gasteiger partial charge in [0, 0.05) is 11.1 Å². The van der Waals surface area contributed by atoms with E-state index in [0.29, 0.717) is 0 Å². The first-order valence-electron chi connectivity index (χ1n) is 11.9. The highest BCUT2D eigenvalue weighted by atomic mass is 16.9. The van der Waals surface area contributed by atoms with Gasteiger partial charge < -0.3 is 28.4 Å². The van der Waals surface area contributed by atoms with Gasteiger partial charge >= 0.3 is 5.97 Å². The van der Waals surface area contributed by atoms with Crippen LogP contribution in [0.1, 0.15) is 38.8 Å². The van der Waals surface area contributed by atoms with Gasteiger partial charge in [-0.05, 0) is 27.7 Å². The number of nitrogens with zero attached hydrogens (tertiary/aromatic N) is 1. The number of carbonyl (C=O) groups is 1. The predicted octanol–water partition coefficient (Wildman–Crippen LogP) is 3.46. The highest BCUT2D eigenvalue weighted by molar-refractivity contribution is 6.13. The molecule has 3 saturated heterocycles. The molecule has 0 aromatic heterocycles. The summed E-state index contributed by atoms with van der Waals surface area (Å²) >= 11 is 0. The molecule has 0 aliphatic carbocycles. The summed E-state index contributed by atoms with van der Waals surface area (Å²) in [5.41, 5.74) is 2.58. The van der Waals surface area contributed by atoms with Gasteiger partial charge in [0.05, 0.1) is 5.71 Å². The molecule has 186 valence electrons. The van der Waals surface area contributed by atoms with E-state index in [4.69, 9.17) is 28.4 Å². The molecule has 0 unspecified atom stereocenters. The molecule has 5 rings (SSSR count). The van der Waals surface area contributed by atoms with Gasteiger partial charge in [-0.25, -0.2) is 0 Å². The predicted molar refractivity (Wildman–Crippen MR) is 127 cm³/mol. The third-order valence-electron chi connectivity index (χ3n) is 6.12. The third kappa shape index (κ3) is 5.32. The number of fused-ring (bicyclic) bond motifs is 3. The zero-order valence-corrected chi connectivity index (χ0v) is 20.4. The summed E-state index contributed by atoms with van der Waals surface area (Å²) in [6.45, 7) is 7.21. The Bertz CT molecular complexity index is 1030. The summed E-state index contributed by atoms with van der Waals surface area (Å²) in [6, 6.07) is 19.5. The Hall–Kier alpha value is -2.62. The van der Waals surface area contributed by atoms with Gasteiger partial charge in [0.15, 0.2) is 17.9 Å². The van der Waals surface area contributed by atoms with Crippen molar-refractivity contribution < 1.29 is 33.2 Å². The van der Waals surface area contributed by atoms with Crippen LogP contribution in [0.4, 0.5) is 0 Å². The summed E-state index contributed by atoms with van der Waals surface area (Å²) in [7, 11) is 0. The molecule has 0 spiro atoms. The second-order valence-electron chi connectivity index (χ2n) is 9.79. The SMILES string of the molecule is CC1(C)O[C@H]2[C@@H](O1)[C@@H](COC(=O)CN=C(c1ccccc1)c1ccccc1)O[C@@H]1OC(C)(C)O[C@@H]12. The first-order chi connectivity index (χ1) is 16.7. The molecule has 35 heavy (non-hydrogen) atoms. The van der Waals surface area contributed by atoms with Gasteiger partial charge in [0.25, 0.3) is 0 Å². The van der Waals surface area contributed by atoms with Crippen LogP contribution >= 0.6 is 0 Å². The van der Waals surface area contributed by atoms with E-state index in [2.05, 4.69) is 4.99 Å². The standard InChI is InChI=1S/C27H31NO7/c1-26(2)32-22-19(31-25-24(23(22)33-26)34-27(3,4)35-25)16-30-20(29)15-28-21(17-11-7-5-8-12-17)18-13-9-6-10-14-18/h5-14,19,22-25H,15-16H2,1-4H3/t19-,22+,23+,24-,25-/m1/s1. The van der Waals surface area contributed by atoms with Crippen molar-refractivity contribution >= 4 is 11.7 Å². The quantitative estimate of drug-likeness (QED) is 0.461. The van der Waals surface area contributed by atoms with Crippen LogP contribution in [0.2, 0.25) is 0 Å². The molecule has 5 atom stereocenters. The molecule has 2 aromatic carbocycles. The van der Waals surface area contributed by atoms with Crippen LogP contribution in [0.25, 0.3) is 0 Å². The first-order valence-corrected chi connectivity index (χ1v) is 11.9. The average molecular weight is 482 g/mol. The van der Waals surface area contributed by atoms with Crippen molar-refractivity contribution in [3.63, 3.8) is 0 Å². The van der Waals surface area contributed by atoms with Crippen LogP contribution in [-0.4, -0.2) is 67.1 Å². The first kappa shape index (κ1) is 24.1. The maximum absolute atomic E-state index is 12.7. The highest BCUT2D eigenvalue weighted by Gasteiger charge is 2.60. The number of carbonyl (C=O) groups excluding carboxylic acids is 1. The number of esters is 1. The van der Waals surface area contributed by atoms with Gasteiger partial charge in [-0.3, -0.25) is 9.79 Å². The van der Waals surface area contributed by atoms with Crippen LogP contribution in [0, 0.1) is 0 Å². The Morgan fingerprint density at radius 1 is 0.800 bits per heavy atom. The van der Waals surface area contributed by atoms with Crippen molar-refractivity contribution in [1.82, 2.24) is 0 Å². The fourth-order valence-electron chi connectivity index (χ4n) is 4.73. The summed E-state index contributed by atoms with van der Waals surface area (Å²) in [5.74, 6) is -2.07. The van der Waals surface area contributed by atoms with Gasteiger partial charge in [-0.15, -0.1) is 0 Å². The Morgan fingerprint density at radius 2 is 1.34 bits per heavy atom. The third-order valence-corrected chi connectivity index (χ3v) is 6.12. The van der Waals surface area contributed by atoms with E-state index < -0.39 is 48.2 Å². The number of ether oxygens (including phenoxy) is 6. The summed E-state index contributed by atoms with van der Waals surface area (Å²) in [6.07, 6.45) is -2.46. The van der Waals surface area contributed by atoms with Crippen LogP contribution in [-0.2, 0) is 33.2 Å². The van der Waals surface area contributed by atoms with E-state index in [1.54, 1.807) is 0 Å². The normalized spacial score (nSPS) is 30.2. The van der Waals surface area contributed by atoms with Crippen LogP contribution in [0.5, 0.6) is 0 Å². The average Bonchev–Trinajstić information content (AvgIpc) is 3.33. The zero-order valence-electron chi connectivity index (χ0n) is 20.4. The smallest absolute Gasteiger partial charge is 0.327 e. The van der Waals surface area contributed by atoms with Crippen molar-refractivity contribution in [3.05, 3.63) is 71.8 Å². The van der Waals surface area contributed by atoms with Gasteiger partial charge in [-0.1, -0.05) is 60.7 Å². The van der Waals surface area contributed by atoms with Crippen molar-refractivity contribution in [3.8, 4) is 0 Å². The lowest BCUT2D eigenvalue weighted by molar-refractivity contribution is -0.242. The molecule has 0 amide bonds. The maximum Gasteiger partial charge on any atom is 0.327 e.